The number of halogens is 1. The number of para-hydroxylation sites is 1. The second-order valence-corrected chi connectivity index (χ2v) is 4.83. The van der Waals surface area contributed by atoms with E-state index in [1.165, 1.54) is 0 Å². The molecule has 2 heterocycles. The number of ether oxygens (including phenoxy) is 3. The Morgan fingerprint density at radius 3 is 3.10 bits per heavy atom. The number of nitrogens with one attached hydrogen (secondary N) is 2. The van der Waals surface area contributed by atoms with Crippen LogP contribution in [0.15, 0.2) is 18.2 Å². The quantitative estimate of drug-likeness (QED) is 0.861. The van der Waals surface area contributed by atoms with E-state index in [4.69, 9.17) is 14.2 Å². The highest BCUT2D eigenvalue weighted by atomic mass is 35.5. The van der Waals surface area contributed by atoms with Gasteiger partial charge in [-0.15, -0.1) is 12.4 Å². The predicted molar refractivity (Wildman–Crippen MR) is 78.9 cm³/mol. The molecule has 2 aliphatic heterocycles. The highest BCUT2D eigenvalue weighted by molar-refractivity contribution is 5.85. The highest BCUT2D eigenvalue weighted by Crippen LogP contribution is 2.35. The molecule has 0 spiro atoms. The summed E-state index contributed by atoms with van der Waals surface area (Å²) in [6.45, 7) is 2.92. The first-order valence-corrected chi connectivity index (χ1v) is 6.79. The molecule has 0 aliphatic carbocycles. The molecule has 0 aromatic heterocycles. The monoisotopic (exact) mass is 314 g/mol. The Bertz CT molecular complexity index is 492. The van der Waals surface area contributed by atoms with Crippen LogP contribution in [0.2, 0.25) is 0 Å². The van der Waals surface area contributed by atoms with Crippen molar-refractivity contribution in [3.05, 3.63) is 23.8 Å². The van der Waals surface area contributed by atoms with E-state index in [1.807, 2.05) is 18.2 Å². The average Bonchev–Trinajstić information content (AvgIpc) is 2.95. The SMILES string of the molecule is Cl.O=C(CC1CNCCO1)NCc1cccc2c1OCO2. The van der Waals surface area contributed by atoms with Gasteiger partial charge in [0.15, 0.2) is 11.5 Å². The minimum absolute atomic E-state index is 0. The van der Waals surface area contributed by atoms with Gasteiger partial charge in [0.25, 0.3) is 0 Å². The van der Waals surface area contributed by atoms with Crippen LogP contribution < -0.4 is 20.1 Å². The van der Waals surface area contributed by atoms with Gasteiger partial charge in [-0.05, 0) is 6.07 Å². The van der Waals surface area contributed by atoms with Crippen LogP contribution in [0.1, 0.15) is 12.0 Å². The minimum Gasteiger partial charge on any atom is -0.454 e. The lowest BCUT2D eigenvalue weighted by Crippen LogP contribution is -2.41. The van der Waals surface area contributed by atoms with Crippen molar-refractivity contribution in [3.8, 4) is 11.5 Å². The predicted octanol–water partition coefficient (Wildman–Crippen LogP) is 0.832. The van der Waals surface area contributed by atoms with Gasteiger partial charge in [0.1, 0.15) is 0 Å². The fraction of sp³-hybridized carbons (Fsp3) is 0.500. The first-order chi connectivity index (χ1) is 9.83. The summed E-state index contributed by atoms with van der Waals surface area (Å²) in [5, 5.41) is 6.10. The number of benzene rings is 1. The molecule has 1 atom stereocenters. The van der Waals surface area contributed by atoms with Crippen LogP contribution in [0.4, 0.5) is 0 Å². The fourth-order valence-electron chi connectivity index (χ4n) is 2.35. The molecular formula is C14H19ClN2O4. The first-order valence-electron chi connectivity index (χ1n) is 6.79. The van der Waals surface area contributed by atoms with Crippen LogP contribution in [0.25, 0.3) is 0 Å². The molecule has 116 valence electrons. The zero-order valence-electron chi connectivity index (χ0n) is 11.6. The van der Waals surface area contributed by atoms with Gasteiger partial charge in [0.2, 0.25) is 12.7 Å². The molecule has 2 aliphatic rings. The standard InChI is InChI=1S/C14H18N2O4.ClH/c17-13(6-11-8-15-4-5-18-11)16-7-10-2-1-3-12-14(10)20-9-19-12;/h1-3,11,15H,4-9H2,(H,16,17);1H. The Balaban J connectivity index is 0.00000161. The number of carbonyl (C=O) groups excluding carboxylic acids is 1. The van der Waals surface area contributed by atoms with Crippen molar-refractivity contribution >= 4 is 18.3 Å². The van der Waals surface area contributed by atoms with Gasteiger partial charge in [-0.3, -0.25) is 4.79 Å². The third-order valence-corrected chi connectivity index (χ3v) is 3.37. The molecule has 7 heteroatoms. The van der Waals surface area contributed by atoms with Crippen molar-refractivity contribution < 1.29 is 19.0 Å². The van der Waals surface area contributed by atoms with Gasteiger partial charge in [-0.2, -0.15) is 0 Å². The van der Waals surface area contributed by atoms with Gasteiger partial charge in [0, 0.05) is 25.2 Å². The second-order valence-electron chi connectivity index (χ2n) is 4.83. The van der Waals surface area contributed by atoms with Crippen molar-refractivity contribution in [2.24, 2.45) is 0 Å². The van der Waals surface area contributed by atoms with E-state index in [-0.39, 0.29) is 31.2 Å². The zero-order valence-corrected chi connectivity index (χ0v) is 12.4. The molecule has 0 bridgehead atoms. The molecule has 3 rings (SSSR count). The normalized spacial score (nSPS) is 19.7. The van der Waals surface area contributed by atoms with E-state index in [0.29, 0.717) is 19.6 Å². The summed E-state index contributed by atoms with van der Waals surface area (Å²) >= 11 is 0. The summed E-state index contributed by atoms with van der Waals surface area (Å²) in [4.78, 5) is 11.9. The molecule has 1 amide bonds. The van der Waals surface area contributed by atoms with Crippen molar-refractivity contribution in [1.29, 1.82) is 0 Å². The Kier molecular flexibility index (Phi) is 5.67. The maximum atomic E-state index is 11.9. The summed E-state index contributed by atoms with van der Waals surface area (Å²) in [7, 11) is 0. The van der Waals surface area contributed by atoms with E-state index in [1.54, 1.807) is 0 Å². The molecule has 0 saturated carbocycles. The van der Waals surface area contributed by atoms with E-state index in [9.17, 15) is 4.79 Å². The average molecular weight is 315 g/mol. The third-order valence-electron chi connectivity index (χ3n) is 3.37. The molecular weight excluding hydrogens is 296 g/mol. The topological polar surface area (TPSA) is 68.8 Å². The van der Waals surface area contributed by atoms with Crippen LogP contribution >= 0.6 is 12.4 Å². The lowest BCUT2D eigenvalue weighted by molar-refractivity contribution is -0.124. The Labute approximate surface area is 129 Å². The first kappa shape index (κ1) is 15.9. The molecule has 1 fully saturated rings. The van der Waals surface area contributed by atoms with E-state index >= 15 is 0 Å². The second kappa shape index (κ2) is 7.49. The lowest BCUT2D eigenvalue weighted by Gasteiger charge is -2.23. The molecule has 21 heavy (non-hydrogen) atoms. The Hall–Kier alpha value is -1.50. The van der Waals surface area contributed by atoms with Crippen molar-refractivity contribution in [3.63, 3.8) is 0 Å². The fourth-order valence-corrected chi connectivity index (χ4v) is 2.35. The van der Waals surface area contributed by atoms with Crippen LogP contribution in [0.5, 0.6) is 11.5 Å². The summed E-state index contributed by atoms with van der Waals surface area (Å²) in [5.74, 6) is 1.44. The van der Waals surface area contributed by atoms with Gasteiger partial charge in [-0.25, -0.2) is 0 Å². The number of fused-ring (bicyclic) bond motifs is 1. The van der Waals surface area contributed by atoms with Crippen LogP contribution in [0, 0.1) is 0 Å². The molecule has 6 nitrogen and oxygen atoms in total. The van der Waals surface area contributed by atoms with Crippen molar-refractivity contribution in [1.82, 2.24) is 10.6 Å². The Morgan fingerprint density at radius 1 is 1.38 bits per heavy atom. The zero-order chi connectivity index (χ0) is 13.8. The summed E-state index contributed by atoms with van der Waals surface area (Å²) < 4.78 is 16.2. The Morgan fingerprint density at radius 2 is 2.29 bits per heavy atom. The largest absolute Gasteiger partial charge is 0.454 e. The van der Waals surface area contributed by atoms with Crippen LogP contribution in [-0.4, -0.2) is 38.5 Å². The lowest BCUT2D eigenvalue weighted by atomic mass is 10.1. The smallest absolute Gasteiger partial charge is 0.231 e. The molecule has 1 saturated heterocycles. The van der Waals surface area contributed by atoms with E-state index in [0.717, 1.165) is 30.2 Å². The van der Waals surface area contributed by atoms with E-state index in [2.05, 4.69) is 10.6 Å². The molecule has 1 aromatic rings. The molecule has 2 N–H and O–H groups in total. The number of carbonyl (C=O) groups is 1. The van der Waals surface area contributed by atoms with Gasteiger partial charge < -0.3 is 24.8 Å². The van der Waals surface area contributed by atoms with Crippen LogP contribution in [-0.2, 0) is 16.1 Å². The van der Waals surface area contributed by atoms with Gasteiger partial charge >= 0.3 is 0 Å². The minimum atomic E-state index is -0.0372. The maximum absolute atomic E-state index is 11.9. The van der Waals surface area contributed by atoms with Crippen molar-refractivity contribution in [2.45, 2.75) is 19.1 Å². The van der Waals surface area contributed by atoms with Crippen LogP contribution in [0.3, 0.4) is 0 Å². The van der Waals surface area contributed by atoms with Crippen molar-refractivity contribution in [2.75, 3.05) is 26.5 Å². The van der Waals surface area contributed by atoms with E-state index < -0.39 is 0 Å². The van der Waals surface area contributed by atoms with Gasteiger partial charge in [-0.1, -0.05) is 12.1 Å². The highest BCUT2D eigenvalue weighted by Gasteiger charge is 2.19. The number of amides is 1. The molecule has 0 radical (unpaired) electrons. The summed E-state index contributed by atoms with van der Waals surface area (Å²) in [6.07, 6.45) is 0.337. The summed E-state index contributed by atoms with van der Waals surface area (Å²) in [6, 6.07) is 5.67. The third kappa shape index (κ3) is 4.00. The number of morpholine rings is 1. The summed E-state index contributed by atoms with van der Waals surface area (Å²) in [5.41, 5.74) is 0.927. The number of hydrogen-bond donors (Lipinski definition) is 2. The molecule has 1 unspecified atom stereocenters. The maximum Gasteiger partial charge on any atom is 0.231 e. The van der Waals surface area contributed by atoms with Gasteiger partial charge in [0.05, 0.1) is 19.1 Å². The number of hydrogen-bond acceptors (Lipinski definition) is 5. The molecule has 1 aromatic carbocycles. The number of rotatable bonds is 4.